The Morgan fingerprint density at radius 1 is 1.15 bits per heavy atom. The molecule has 3 atom stereocenters. The van der Waals surface area contributed by atoms with Crippen molar-refractivity contribution in [2.45, 2.75) is 18.4 Å². The van der Waals surface area contributed by atoms with Gasteiger partial charge in [-0.25, -0.2) is 4.39 Å². The zero-order chi connectivity index (χ0) is 13.5. The largest absolute Gasteiger partial charge is 0.378 e. The molecular weight excluding hydrogens is 251 g/mol. The molecule has 1 aromatic carbocycles. The second-order valence-corrected chi connectivity index (χ2v) is 5.49. The Bertz CT molecular complexity index is 666. The number of nitrogens with zero attached hydrogens (tertiary/aromatic N) is 1. The minimum Gasteiger partial charge on any atom is -0.378 e. The molecule has 1 aliphatic heterocycles. The third kappa shape index (κ3) is 1.73. The van der Waals surface area contributed by atoms with Crippen molar-refractivity contribution in [1.29, 1.82) is 0 Å². The Morgan fingerprint density at radius 3 is 2.85 bits per heavy atom. The van der Waals surface area contributed by atoms with Crippen LogP contribution in [0, 0.1) is 11.7 Å². The first kappa shape index (κ1) is 11.6. The van der Waals surface area contributed by atoms with Gasteiger partial charge in [-0.1, -0.05) is 12.2 Å². The first-order valence-corrected chi connectivity index (χ1v) is 6.95. The number of aromatic nitrogens is 1. The molecule has 0 radical (unpaired) electrons. The second kappa shape index (κ2) is 4.44. The summed E-state index contributed by atoms with van der Waals surface area (Å²) in [6, 6.07) is 9.41. The molecule has 4 rings (SSSR count). The van der Waals surface area contributed by atoms with Crippen LogP contribution in [0.15, 0.2) is 54.9 Å². The fourth-order valence-electron chi connectivity index (χ4n) is 3.47. The zero-order valence-corrected chi connectivity index (χ0v) is 11.0. The van der Waals surface area contributed by atoms with Gasteiger partial charge in [-0.15, -0.1) is 0 Å². The van der Waals surface area contributed by atoms with Crippen LogP contribution in [0.2, 0.25) is 0 Å². The molecule has 1 aliphatic carbocycles. The number of nitrogens with one attached hydrogen (secondary N) is 1. The lowest BCUT2D eigenvalue weighted by atomic mass is 9.77. The van der Waals surface area contributed by atoms with Gasteiger partial charge in [0.15, 0.2) is 0 Å². The van der Waals surface area contributed by atoms with Gasteiger partial charge in [0, 0.05) is 24.0 Å². The molecule has 2 aliphatic rings. The summed E-state index contributed by atoms with van der Waals surface area (Å²) >= 11 is 0. The molecule has 1 N–H and O–H groups in total. The van der Waals surface area contributed by atoms with Gasteiger partial charge >= 0.3 is 0 Å². The number of halogens is 1. The molecule has 0 saturated heterocycles. The van der Waals surface area contributed by atoms with Crippen molar-refractivity contribution in [3.05, 3.63) is 71.8 Å². The van der Waals surface area contributed by atoms with E-state index in [1.807, 2.05) is 18.5 Å². The van der Waals surface area contributed by atoms with Crippen LogP contribution >= 0.6 is 0 Å². The number of fused-ring (bicyclic) bond motifs is 3. The number of anilines is 1. The molecule has 2 aromatic rings. The molecular formula is C17H15FN2. The molecule has 20 heavy (non-hydrogen) atoms. The minimum absolute atomic E-state index is 0.160. The summed E-state index contributed by atoms with van der Waals surface area (Å²) < 4.78 is 13.5. The smallest absolute Gasteiger partial charge is 0.123 e. The van der Waals surface area contributed by atoms with Crippen molar-refractivity contribution in [3.63, 3.8) is 0 Å². The molecule has 0 amide bonds. The van der Waals surface area contributed by atoms with E-state index in [9.17, 15) is 4.39 Å². The summed E-state index contributed by atoms with van der Waals surface area (Å²) in [6.45, 7) is 0. The molecule has 0 bridgehead atoms. The monoisotopic (exact) mass is 266 g/mol. The van der Waals surface area contributed by atoms with E-state index < -0.39 is 0 Å². The van der Waals surface area contributed by atoms with Crippen molar-refractivity contribution in [2.24, 2.45) is 5.92 Å². The Labute approximate surface area is 117 Å². The predicted molar refractivity (Wildman–Crippen MR) is 77.0 cm³/mol. The van der Waals surface area contributed by atoms with Crippen LogP contribution in [-0.4, -0.2) is 4.98 Å². The summed E-state index contributed by atoms with van der Waals surface area (Å²) in [5.41, 5.74) is 3.36. The van der Waals surface area contributed by atoms with E-state index in [0.29, 0.717) is 11.8 Å². The predicted octanol–water partition coefficient (Wildman–Crippen LogP) is 4.05. The maximum absolute atomic E-state index is 13.5. The van der Waals surface area contributed by atoms with Crippen molar-refractivity contribution in [3.8, 4) is 0 Å². The SMILES string of the molecule is Fc1ccc2c(c1)[C@@H]1C=CC[C@@H]1[C@@H](c1ccncc1)N2. The van der Waals surface area contributed by atoms with Gasteiger partial charge in [-0.05, 0) is 53.8 Å². The molecule has 2 nitrogen and oxygen atoms in total. The first-order chi connectivity index (χ1) is 9.83. The van der Waals surface area contributed by atoms with Crippen LogP contribution in [0.5, 0.6) is 0 Å². The number of allylic oxidation sites excluding steroid dienone is 2. The van der Waals surface area contributed by atoms with E-state index >= 15 is 0 Å². The number of hydrogen-bond acceptors (Lipinski definition) is 2. The van der Waals surface area contributed by atoms with E-state index in [2.05, 4.69) is 34.6 Å². The van der Waals surface area contributed by atoms with Crippen LogP contribution in [0.1, 0.15) is 29.5 Å². The highest BCUT2D eigenvalue weighted by molar-refractivity contribution is 5.59. The number of hydrogen-bond donors (Lipinski definition) is 1. The summed E-state index contributed by atoms with van der Waals surface area (Å²) in [5, 5.41) is 3.58. The van der Waals surface area contributed by atoms with Crippen LogP contribution in [-0.2, 0) is 0 Å². The van der Waals surface area contributed by atoms with Crippen LogP contribution in [0.4, 0.5) is 10.1 Å². The number of rotatable bonds is 1. The Kier molecular flexibility index (Phi) is 2.59. The average molecular weight is 266 g/mol. The zero-order valence-electron chi connectivity index (χ0n) is 11.0. The molecule has 0 saturated carbocycles. The third-order valence-corrected chi connectivity index (χ3v) is 4.39. The van der Waals surface area contributed by atoms with E-state index in [-0.39, 0.29) is 11.9 Å². The standard InChI is InChI=1S/C17H15FN2/c18-12-4-5-16-15(10-12)13-2-1-3-14(13)17(20-16)11-6-8-19-9-7-11/h1-2,4-10,13-14,17,20H,3H2/t13-,14+,17-/m1/s1. The van der Waals surface area contributed by atoms with Gasteiger partial charge < -0.3 is 5.32 Å². The van der Waals surface area contributed by atoms with Gasteiger partial charge in [0.05, 0.1) is 6.04 Å². The lowest BCUT2D eigenvalue weighted by molar-refractivity contribution is 0.424. The molecule has 1 aromatic heterocycles. The van der Waals surface area contributed by atoms with Crippen molar-refractivity contribution in [2.75, 3.05) is 5.32 Å². The van der Waals surface area contributed by atoms with Gasteiger partial charge in [0.25, 0.3) is 0 Å². The molecule has 100 valence electrons. The fraction of sp³-hybridized carbons (Fsp3) is 0.235. The van der Waals surface area contributed by atoms with Crippen molar-refractivity contribution < 1.29 is 4.39 Å². The van der Waals surface area contributed by atoms with Gasteiger partial charge in [-0.2, -0.15) is 0 Å². The lowest BCUT2D eigenvalue weighted by Crippen LogP contribution is -2.29. The van der Waals surface area contributed by atoms with Gasteiger partial charge in [-0.3, -0.25) is 4.98 Å². The highest BCUT2D eigenvalue weighted by atomic mass is 19.1. The van der Waals surface area contributed by atoms with Crippen LogP contribution in [0.25, 0.3) is 0 Å². The Morgan fingerprint density at radius 2 is 2.00 bits per heavy atom. The maximum Gasteiger partial charge on any atom is 0.123 e. The molecule has 0 fully saturated rings. The summed E-state index contributed by atoms with van der Waals surface area (Å²) in [5.74, 6) is 0.596. The molecule has 0 spiro atoms. The average Bonchev–Trinajstić information content (AvgIpc) is 2.97. The van der Waals surface area contributed by atoms with E-state index in [1.54, 1.807) is 6.07 Å². The number of benzene rings is 1. The fourth-order valence-corrected chi connectivity index (χ4v) is 3.47. The first-order valence-electron chi connectivity index (χ1n) is 6.95. The maximum atomic E-state index is 13.5. The lowest BCUT2D eigenvalue weighted by Gasteiger charge is -2.37. The Hall–Kier alpha value is -2.16. The van der Waals surface area contributed by atoms with Crippen molar-refractivity contribution in [1.82, 2.24) is 4.98 Å². The highest BCUT2D eigenvalue weighted by Gasteiger charge is 2.37. The summed E-state index contributed by atoms with van der Waals surface area (Å²) in [6.07, 6.45) is 9.12. The molecule has 0 unspecified atom stereocenters. The minimum atomic E-state index is -0.160. The van der Waals surface area contributed by atoms with E-state index in [1.165, 1.54) is 11.6 Å². The second-order valence-electron chi connectivity index (χ2n) is 5.49. The van der Waals surface area contributed by atoms with Gasteiger partial charge in [0.2, 0.25) is 0 Å². The summed E-state index contributed by atoms with van der Waals surface area (Å²) in [4.78, 5) is 4.09. The van der Waals surface area contributed by atoms with E-state index in [4.69, 9.17) is 0 Å². The third-order valence-electron chi connectivity index (χ3n) is 4.39. The van der Waals surface area contributed by atoms with Crippen LogP contribution in [0.3, 0.4) is 0 Å². The Balaban J connectivity index is 1.80. The topological polar surface area (TPSA) is 24.9 Å². The highest BCUT2D eigenvalue weighted by Crippen LogP contribution is 2.49. The molecule has 3 heteroatoms. The van der Waals surface area contributed by atoms with E-state index in [0.717, 1.165) is 17.7 Å². The quantitative estimate of drug-likeness (QED) is 0.788. The van der Waals surface area contributed by atoms with Gasteiger partial charge in [0.1, 0.15) is 5.82 Å². The van der Waals surface area contributed by atoms with Crippen LogP contribution < -0.4 is 5.32 Å². The summed E-state index contributed by atoms with van der Waals surface area (Å²) in [7, 11) is 0. The number of pyridine rings is 1. The van der Waals surface area contributed by atoms with Crippen molar-refractivity contribution >= 4 is 5.69 Å². The normalized spacial score (nSPS) is 26.8. The molecule has 2 heterocycles.